The van der Waals surface area contributed by atoms with E-state index in [4.69, 9.17) is 4.74 Å². The van der Waals surface area contributed by atoms with E-state index in [0.29, 0.717) is 13.2 Å². The van der Waals surface area contributed by atoms with Crippen LogP contribution in [0, 0.1) is 0 Å². The van der Waals surface area contributed by atoms with Crippen molar-refractivity contribution in [2.75, 3.05) is 19.7 Å². The number of ether oxygens (including phenoxy) is 1. The first-order chi connectivity index (χ1) is 4.81. The molecule has 0 aromatic heterocycles. The van der Waals surface area contributed by atoms with Gasteiger partial charge in [0.05, 0.1) is 6.54 Å². The molecule has 2 N–H and O–H groups in total. The second-order valence-electron chi connectivity index (χ2n) is 1.87. The Morgan fingerprint density at radius 1 is 1.73 bits per heavy atom. The van der Waals surface area contributed by atoms with Crippen molar-refractivity contribution in [3.8, 4) is 0 Å². The zero-order chi connectivity index (χ0) is 7.82. The van der Waals surface area contributed by atoms with E-state index in [2.05, 4.69) is 6.58 Å². The quantitative estimate of drug-likeness (QED) is 0.386. The third kappa shape index (κ3) is 9.65. The first kappa shape index (κ1) is 13.3. The molecule has 66 valence electrons. The van der Waals surface area contributed by atoms with E-state index >= 15 is 0 Å². The lowest BCUT2D eigenvalue weighted by atomic mass is 10.6. The number of carbonyl (C=O) groups is 1. The fourth-order valence-electron chi connectivity index (χ4n) is 0.473. The molecule has 0 spiro atoms. The molecule has 0 aliphatic rings. The Balaban J connectivity index is 0. The smallest absolute Gasteiger partial charge is 0.361 e. The highest BCUT2D eigenvalue weighted by Crippen LogP contribution is 1.73. The highest BCUT2D eigenvalue weighted by atomic mass is 79.9. The maximum Gasteiger partial charge on any atom is 0.361 e. The van der Waals surface area contributed by atoms with Crippen molar-refractivity contribution in [3.63, 3.8) is 0 Å². The topological polar surface area (TPSA) is 42.9 Å². The number of hydrogen-bond donors (Lipinski definition) is 1. The van der Waals surface area contributed by atoms with E-state index < -0.39 is 0 Å². The van der Waals surface area contributed by atoms with E-state index in [-0.39, 0.29) is 23.0 Å². The summed E-state index contributed by atoms with van der Waals surface area (Å²) >= 11 is 0. The van der Waals surface area contributed by atoms with Gasteiger partial charge in [-0.05, 0) is 6.92 Å². The van der Waals surface area contributed by atoms with Crippen molar-refractivity contribution < 1.29 is 31.8 Å². The molecule has 0 heterocycles. The Morgan fingerprint density at radius 3 is 2.82 bits per heavy atom. The average Bonchev–Trinajstić information content (AvgIpc) is 1.97. The third-order valence-electron chi connectivity index (χ3n) is 0.962. The number of likely N-dealkylation sites (N-methyl/N-ethyl adjacent to an activating group) is 1. The number of halogens is 1. The standard InChI is InChI=1S/C7H13NO2.BrH/c1-3-5-10-7(9)6-8-4-2;/h3,8H,1,4-6H2,2H3;1H. The Morgan fingerprint density at radius 2 is 2.36 bits per heavy atom. The number of carbonyl (C=O) groups excluding carboxylic acids is 1. The van der Waals surface area contributed by atoms with Gasteiger partial charge in [-0.3, -0.25) is 0 Å². The molecule has 0 saturated carbocycles. The highest BCUT2D eigenvalue weighted by molar-refractivity contribution is 5.70. The monoisotopic (exact) mass is 223 g/mol. The summed E-state index contributed by atoms with van der Waals surface area (Å²) in [6, 6.07) is 0. The Kier molecular flexibility index (Phi) is 11.6. The van der Waals surface area contributed by atoms with Gasteiger partial charge >= 0.3 is 5.97 Å². The lowest BCUT2D eigenvalue weighted by molar-refractivity contribution is -0.642. The van der Waals surface area contributed by atoms with Gasteiger partial charge in [0.1, 0.15) is 6.61 Å². The SMILES string of the molecule is C=CCOC(=O)C[NH2+]CC.[Br-]. The maximum absolute atomic E-state index is 10.7. The van der Waals surface area contributed by atoms with Crippen LogP contribution < -0.4 is 22.3 Å². The molecular formula is C7H14BrNO2. The van der Waals surface area contributed by atoms with Gasteiger partial charge < -0.3 is 27.0 Å². The minimum absolute atomic E-state index is 0. The molecule has 4 heteroatoms. The minimum Gasteiger partial charge on any atom is -1.00 e. The Hall–Kier alpha value is -0.350. The van der Waals surface area contributed by atoms with Crippen molar-refractivity contribution in [2.24, 2.45) is 0 Å². The molecule has 0 aromatic rings. The lowest BCUT2D eigenvalue weighted by Gasteiger charge is -1.98. The van der Waals surface area contributed by atoms with Crippen molar-refractivity contribution in [1.29, 1.82) is 0 Å². The predicted molar refractivity (Wildman–Crippen MR) is 38.5 cm³/mol. The van der Waals surface area contributed by atoms with Crippen molar-refractivity contribution in [2.45, 2.75) is 6.92 Å². The van der Waals surface area contributed by atoms with Crippen molar-refractivity contribution in [1.82, 2.24) is 0 Å². The van der Waals surface area contributed by atoms with Gasteiger partial charge in [0.25, 0.3) is 0 Å². The van der Waals surface area contributed by atoms with Crippen LogP contribution in [0.5, 0.6) is 0 Å². The second-order valence-corrected chi connectivity index (χ2v) is 1.87. The highest BCUT2D eigenvalue weighted by Gasteiger charge is 2.00. The fourth-order valence-corrected chi connectivity index (χ4v) is 0.473. The van der Waals surface area contributed by atoms with Crippen LogP contribution in [0.3, 0.4) is 0 Å². The number of nitrogens with two attached hydrogens (primary N) is 1. The lowest BCUT2D eigenvalue weighted by Crippen LogP contribution is -3.00. The first-order valence-corrected chi connectivity index (χ1v) is 3.39. The van der Waals surface area contributed by atoms with Gasteiger partial charge in [-0.2, -0.15) is 0 Å². The van der Waals surface area contributed by atoms with Gasteiger partial charge in [0.15, 0.2) is 6.54 Å². The van der Waals surface area contributed by atoms with Crippen LogP contribution in [0.15, 0.2) is 12.7 Å². The summed E-state index contributed by atoms with van der Waals surface area (Å²) in [4.78, 5) is 10.7. The molecule has 0 unspecified atom stereocenters. The summed E-state index contributed by atoms with van der Waals surface area (Å²) in [6.45, 7) is 7.04. The first-order valence-electron chi connectivity index (χ1n) is 3.39. The minimum atomic E-state index is -0.179. The van der Waals surface area contributed by atoms with Crippen LogP contribution in [0.4, 0.5) is 0 Å². The maximum atomic E-state index is 10.7. The van der Waals surface area contributed by atoms with Crippen LogP contribution in [0.1, 0.15) is 6.92 Å². The summed E-state index contributed by atoms with van der Waals surface area (Å²) in [5.74, 6) is -0.179. The molecule has 0 fully saturated rings. The molecule has 0 bridgehead atoms. The molecule has 0 saturated heterocycles. The summed E-state index contributed by atoms with van der Waals surface area (Å²) in [7, 11) is 0. The molecule has 0 aromatic carbocycles. The van der Waals surface area contributed by atoms with Gasteiger partial charge in [-0.1, -0.05) is 12.7 Å². The van der Waals surface area contributed by atoms with Crippen LogP contribution in [-0.4, -0.2) is 25.7 Å². The Bertz CT molecular complexity index is 117. The molecule has 0 radical (unpaired) electrons. The van der Waals surface area contributed by atoms with Crippen LogP contribution in [-0.2, 0) is 9.53 Å². The van der Waals surface area contributed by atoms with Gasteiger partial charge in [-0.25, -0.2) is 4.79 Å². The van der Waals surface area contributed by atoms with Gasteiger partial charge in [0.2, 0.25) is 0 Å². The molecular weight excluding hydrogens is 210 g/mol. The van der Waals surface area contributed by atoms with E-state index in [1.54, 1.807) is 6.08 Å². The number of rotatable bonds is 5. The normalized spacial score (nSPS) is 8.09. The van der Waals surface area contributed by atoms with E-state index in [1.807, 2.05) is 12.2 Å². The van der Waals surface area contributed by atoms with E-state index in [9.17, 15) is 4.79 Å². The number of esters is 1. The van der Waals surface area contributed by atoms with E-state index in [1.165, 1.54) is 0 Å². The molecule has 0 rings (SSSR count). The molecule has 3 nitrogen and oxygen atoms in total. The summed E-state index contributed by atoms with van der Waals surface area (Å²) in [5, 5.41) is 1.88. The average molecular weight is 224 g/mol. The van der Waals surface area contributed by atoms with Crippen LogP contribution in [0.25, 0.3) is 0 Å². The second kappa shape index (κ2) is 9.65. The molecule has 11 heavy (non-hydrogen) atoms. The molecule has 0 amide bonds. The predicted octanol–water partition coefficient (Wildman–Crippen LogP) is -3.70. The van der Waals surface area contributed by atoms with Gasteiger partial charge in [-0.15, -0.1) is 0 Å². The number of hydrogen-bond acceptors (Lipinski definition) is 2. The van der Waals surface area contributed by atoms with E-state index in [0.717, 1.165) is 6.54 Å². The molecule has 0 atom stereocenters. The van der Waals surface area contributed by atoms with Crippen molar-refractivity contribution >= 4 is 5.97 Å². The molecule has 0 aliphatic carbocycles. The van der Waals surface area contributed by atoms with Crippen molar-refractivity contribution in [3.05, 3.63) is 12.7 Å². The summed E-state index contributed by atoms with van der Waals surface area (Å²) in [6.07, 6.45) is 1.56. The van der Waals surface area contributed by atoms with Crippen LogP contribution >= 0.6 is 0 Å². The largest absolute Gasteiger partial charge is 1.00 e. The number of quaternary nitrogens is 1. The third-order valence-corrected chi connectivity index (χ3v) is 0.962. The Labute approximate surface area is 77.6 Å². The van der Waals surface area contributed by atoms with Crippen LogP contribution in [0.2, 0.25) is 0 Å². The molecule has 0 aliphatic heterocycles. The zero-order valence-corrected chi connectivity index (χ0v) is 8.26. The summed E-state index contributed by atoms with van der Waals surface area (Å²) in [5.41, 5.74) is 0. The fraction of sp³-hybridized carbons (Fsp3) is 0.571. The summed E-state index contributed by atoms with van der Waals surface area (Å²) < 4.78 is 4.70. The zero-order valence-electron chi connectivity index (χ0n) is 6.68. The van der Waals surface area contributed by atoms with Gasteiger partial charge in [0, 0.05) is 0 Å².